The van der Waals surface area contributed by atoms with Crippen molar-refractivity contribution in [2.45, 2.75) is 33.1 Å². The van der Waals surface area contributed by atoms with Gasteiger partial charge in [0.05, 0.1) is 0 Å². The molecule has 0 unspecified atom stereocenters. The fraction of sp³-hybridized carbons (Fsp3) is 0.421. The van der Waals surface area contributed by atoms with E-state index < -0.39 is 5.91 Å². The molecule has 0 heterocycles. The van der Waals surface area contributed by atoms with Crippen molar-refractivity contribution < 1.29 is 14.3 Å². The fourth-order valence-corrected chi connectivity index (χ4v) is 2.07. The predicted molar refractivity (Wildman–Crippen MR) is 101 cm³/mol. The number of nitrogen functional groups attached to an aromatic ring is 1. The zero-order valence-corrected chi connectivity index (χ0v) is 15.3. The van der Waals surface area contributed by atoms with Crippen molar-refractivity contribution in [3.8, 4) is 6.07 Å². The van der Waals surface area contributed by atoms with Crippen molar-refractivity contribution in [2.24, 2.45) is 0 Å². The summed E-state index contributed by atoms with van der Waals surface area (Å²) in [5.74, 6) is -0.845. The molecular weight excluding hydrogens is 332 g/mol. The smallest absolute Gasteiger partial charge is 0.263 e. The van der Waals surface area contributed by atoms with E-state index in [9.17, 15) is 14.9 Å². The Hall–Kier alpha value is -2.85. The van der Waals surface area contributed by atoms with E-state index in [1.165, 1.54) is 18.0 Å². The lowest BCUT2D eigenvalue weighted by Crippen LogP contribution is -2.29. The number of hydrogen-bond donors (Lipinski definition) is 2. The number of carbonyl (C=O) groups excluding carboxylic acids is 2. The highest BCUT2D eigenvalue weighted by molar-refractivity contribution is 6.01. The zero-order valence-electron chi connectivity index (χ0n) is 15.3. The van der Waals surface area contributed by atoms with Gasteiger partial charge in [0.25, 0.3) is 5.91 Å². The van der Waals surface area contributed by atoms with Gasteiger partial charge < -0.3 is 15.8 Å². The summed E-state index contributed by atoms with van der Waals surface area (Å²) in [6.45, 7) is 5.10. The maximum atomic E-state index is 12.2. The van der Waals surface area contributed by atoms with Crippen LogP contribution in [-0.2, 0) is 14.3 Å². The van der Waals surface area contributed by atoms with E-state index in [2.05, 4.69) is 12.2 Å². The number of unbranched alkanes of at least 4 members (excludes halogenated alkanes) is 1. The van der Waals surface area contributed by atoms with Gasteiger partial charge in [0.2, 0.25) is 5.91 Å². The second-order valence-corrected chi connectivity index (χ2v) is 5.71. The van der Waals surface area contributed by atoms with Crippen molar-refractivity contribution in [3.63, 3.8) is 0 Å². The van der Waals surface area contributed by atoms with Crippen LogP contribution < -0.4 is 16.0 Å². The Balaban J connectivity index is 2.65. The number of nitrogens with two attached hydrogens (primary N) is 1. The van der Waals surface area contributed by atoms with Crippen LogP contribution in [0.3, 0.4) is 0 Å². The van der Waals surface area contributed by atoms with Crippen LogP contribution in [0.25, 0.3) is 0 Å². The topological polar surface area (TPSA) is 108 Å². The lowest BCUT2D eigenvalue weighted by Gasteiger charge is -2.17. The van der Waals surface area contributed by atoms with Crippen molar-refractivity contribution in [2.75, 3.05) is 30.4 Å². The maximum absolute atomic E-state index is 12.2. The molecule has 0 aliphatic heterocycles. The fourth-order valence-electron chi connectivity index (χ4n) is 2.07. The van der Waals surface area contributed by atoms with Gasteiger partial charge in [0.15, 0.2) is 0 Å². The maximum Gasteiger partial charge on any atom is 0.263 e. The molecule has 0 aliphatic carbocycles. The minimum Gasteiger partial charge on any atom is -0.399 e. The molecule has 7 heteroatoms. The van der Waals surface area contributed by atoms with E-state index in [-0.39, 0.29) is 11.5 Å². The van der Waals surface area contributed by atoms with E-state index in [0.29, 0.717) is 37.6 Å². The molecule has 26 heavy (non-hydrogen) atoms. The molecule has 0 fully saturated rings. The summed E-state index contributed by atoms with van der Waals surface area (Å²) in [5.41, 5.74) is 6.57. The molecule has 0 atom stereocenters. The first-order chi connectivity index (χ1) is 12.5. The van der Waals surface area contributed by atoms with Gasteiger partial charge in [0, 0.05) is 44.3 Å². The Morgan fingerprint density at radius 3 is 2.50 bits per heavy atom. The Labute approximate surface area is 154 Å². The summed E-state index contributed by atoms with van der Waals surface area (Å²) in [5, 5.41) is 11.9. The number of carbonyl (C=O) groups is 2. The third kappa shape index (κ3) is 7.36. The number of hydrogen-bond acceptors (Lipinski definition) is 5. The van der Waals surface area contributed by atoms with Crippen LogP contribution in [0.4, 0.5) is 11.4 Å². The molecule has 0 bridgehead atoms. The lowest BCUT2D eigenvalue weighted by molar-refractivity contribution is -0.117. The molecule has 0 radical (unpaired) electrons. The van der Waals surface area contributed by atoms with Gasteiger partial charge in [0.1, 0.15) is 11.6 Å². The number of anilines is 2. The number of rotatable bonds is 10. The molecule has 1 rings (SSSR count). The lowest BCUT2D eigenvalue weighted by atomic mass is 10.2. The molecule has 3 N–H and O–H groups in total. The van der Waals surface area contributed by atoms with Crippen molar-refractivity contribution >= 4 is 23.2 Å². The van der Waals surface area contributed by atoms with E-state index in [1.54, 1.807) is 24.3 Å². The zero-order chi connectivity index (χ0) is 19.4. The Morgan fingerprint density at radius 1 is 1.27 bits per heavy atom. The molecule has 0 saturated heterocycles. The normalized spacial score (nSPS) is 10.9. The summed E-state index contributed by atoms with van der Waals surface area (Å²) < 4.78 is 5.41. The summed E-state index contributed by atoms with van der Waals surface area (Å²) in [4.78, 5) is 25.3. The standard InChI is InChI=1S/C19H26N4O3/c1-3-4-11-26-12-5-10-22-19(25)16(13-20)14-23(15(2)24)18-8-6-17(21)7-9-18/h6-9,14H,3-5,10-12,21H2,1-2H3,(H,22,25)/b16-14-. The molecule has 140 valence electrons. The first kappa shape index (κ1) is 21.2. The van der Waals surface area contributed by atoms with Gasteiger partial charge in [-0.2, -0.15) is 5.26 Å². The average molecular weight is 358 g/mol. The summed E-state index contributed by atoms with van der Waals surface area (Å²) in [7, 11) is 0. The molecule has 1 aromatic rings. The van der Waals surface area contributed by atoms with E-state index in [1.807, 2.05) is 6.07 Å². The van der Waals surface area contributed by atoms with Crippen LogP contribution in [0.5, 0.6) is 0 Å². The summed E-state index contributed by atoms with van der Waals surface area (Å²) in [6, 6.07) is 8.41. The Kier molecular flexibility index (Phi) is 9.50. The SMILES string of the molecule is CCCCOCCCNC(=O)/C(C#N)=C\N(C(C)=O)c1ccc(N)cc1. The number of benzene rings is 1. The van der Waals surface area contributed by atoms with Gasteiger partial charge in [-0.05, 0) is 37.1 Å². The predicted octanol–water partition coefficient (Wildman–Crippen LogP) is 2.35. The number of nitrogens with one attached hydrogen (secondary N) is 1. The highest BCUT2D eigenvalue weighted by atomic mass is 16.5. The quantitative estimate of drug-likeness (QED) is 0.289. The van der Waals surface area contributed by atoms with E-state index in [4.69, 9.17) is 10.5 Å². The summed E-state index contributed by atoms with van der Waals surface area (Å²) in [6.07, 6.45) is 3.98. The molecule has 0 spiro atoms. The van der Waals surface area contributed by atoms with E-state index in [0.717, 1.165) is 12.8 Å². The molecule has 1 aromatic carbocycles. The van der Waals surface area contributed by atoms with Crippen LogP contribution >= 0.6 is 0 Å². The van der Waals surface area contributed by atoms with Crippen molar-refractivity contribution in [1.82, 2.24) is 5.32 Å². The van der Waals surface area contributed by atoms with Crippen LogP contribution in [0.1, 0.15) is 33.1 Å². The van der Waals surface area contributed by atoms with Gasteiger partial charge in [-0.3, -0.25) is 14.5 Å². The largest absolute Gasteiger partial charge is 0.399 e. The first-order valence-electron chi connectivity index (χ1n) is 8.62. The molecule has 7 nitrogen and oxygen atoms in total. The van der Waals surface area contributed by atoms with Crippen LogP contribution in [0.2, 0.25) is 0 Å². The van der Waals surface area contributed by atoms with E-state index >= 15 is 0 Å². The monoisotopic (exact) mass is 358 g/mol. The minimum atomic E-state index is -0.525. The summed E-state index contributed by atoms with van der Waals surface area (Å²) >= 11 is 0. The molecule has 0 aromatic heterocycles. The Bertz CT molecular complexity index is 662. The van der Waals surface area contributed by atoms with Gasteiger partial charge in [-0.15, -0.1) is 0 Å². The number of nitriles is 1. The Morgan fingerprint density at radius 2 is 1.92 bits per heavy atom. The molecular formula is C19H26N4O3. The molecule has 0 aliphatic rings. The van der Waals surface area contributed by atoms with Gasteiger partial charge >= 0.3 is 0 Å². The van der Waals surface area contributed by atoms with Crippen molar-refractivity contribution in [3.05, 3.63) is 36.0 Å². The second kappa shape index (κ2) is 11.7. The van der Waals surface area contributed by atoms with Crippen LogP contribution in [0, 0.1) is 11.3 Å². The van der Waals surface area contributed by atoms with Crippen LogP contribution in [-0.4, -0.2) is 31.6 Å². The molecule has 2 amide bonds. The second-order valence-electron chi connectivity index (χ2n) is 5.71. The molecule has 0 saturated carbocycles. The third-order valence-corrected chi connectivity index (χ3v) is 3.53. The number of amides is 2. The minimum absolute atomic E-state index is 0.149. The third-order valence-electron chi connectivity index (χ3n) is 3.53. The number of ether oxygens (including phenoxy) is 1. The number of nitrogens with zero attached hydrogens (tertiary/aromatic N) is 2. The highest BCUT2D eigenvalue weighted by Gasteiger charge is 2.14. The highest BCUT2D eigenvalue weighted by Crippen LogP contribution is 2.18. The van der Waals surface area contributed by atoms with Crippen molar-refractivity contribution in [1.29, 1.82) is 5.26 Å². The van der Waals surface area contributed by atoms with Crippen LogP contribution in [0.15, 0.2) is 36.0 Å². The first-order valence-corrected chi connectivity index (χ1v) is 8.62. The van der Waals surface area contributed by atoms with Gasteiger partial charge in [-0.1, -0.05) is 13.3 Å². The van der Waals surface area contributed by atoms with Gasteiger partial charge in [-0.25, -0.2) is 0 Å². The average Bonchev–Trinajstić information content (AvgIpc) is 2.62.